The van der Waals surface area contributed by atoms with Crippen LogP contribution in [-0.4, -0.2) is 6.54 Å². The van der Waals surface area contributed by atoms with E-state index < -0.39 is 0 Å². The smallest absolute Gasteiger partial charge is 0.131 e. The lowest BCUT2D eigenvalue weighted by Gasteiger charge is -2.10. The third-order valence-corrected chi connectivity index (χ3v) is 3.25. The first kappa shape index (κ1) is 13.8. The second kappa shape index (κ2) is 5.98. The van der Waals surface area contributed by atoms with Crippen molar-refractivity contribution in [3.63, 3.8) is 0 Å². The van der Waals surface area contributed by atoms with Crippen molar-refractivity contribution in [1.82, 2.24) is 5.32 Å². The molecule has 0 fully saturated rings. The highest BCUT2D eigenvalue weighted by atomic mass is 19.1. The van der Waals surface area contributed by atoms with Crippen LogP contribution in [0.2, 0.25) is 0 Å². The summed E-state index contributed by atoms with van der Waals surface area (Å²) in [4.78, 5) is 0. The molecule has 0 aromatic heterocycles. The standard InChI is InChI=1S/C17H20FN/c1-4-19-11-14-5-7-15(8-6-14)17-13(3)9-12(2)10-16(17)18/h5-10,19H,4,11H2,1-3H3. The lowest BCUT2D eigenvalue weighted by atomic mass is 9.97. The first-order valence-corrected chi connectivity index (χ1v) is 6.68. The molecule has 0 spiro atoms. The van der Waals surface area contributed by atoms with Gasteiger partial charge in [-0.25, -0.2) is 4.39 Å². The number of halogens is 1. The number of nitrogens with one attached hydrogen (secondary N) is 1. The number of hydrogen-bond acceptors (Lipinski definition) is 1. The molecule has 1 nitrogen and oxygen atoms in total. The predicted molar refractivity (Wildman–Crippen MR) is 78.7 cm³/mol. The zero-order valence-electron chi connectivity index (χ0n) is 11.8. The lowest BCUT2D eigenvalue weighted by molar-refractivity contribution is 0.629. The van der Waals surface area contributed by atoms with E-state index in [1.807, 2.05) is 32.0 Å². The first-order valence-electron chi connectivity index (χ1n) is 6.68. The zero-order valence-corrected chi connectivity index (χ0v) is 11.8. The Balaban J connectivity index is 2.32. The van der Waals surface area contributed by atoms with Gasteiger partial charge < -0.3 is 5.32 Å². The fourth-order valence-corrected chi connectivity index (χ4v) is 2.34. The van der Waals surface area contributed by atoms with Crippen LogP contribution in [-0.2, 0) is 6.54 Å². The molecule has 0 aliphatic carbocycles. The molecule has 100 valence electrons. The molecular formula is C17H20FN. The largest absolute Gasteiger partial charge is 0.313 e. The maximum Gasteiger partial charge on any atom is 0.131 e. The topological polar surface area (TPSA) is 12.0 Å². The lowest BCUT2D eigenvalue weighted by Crippen LogP contribution is -2.11. The molecular weight excluding hydrogens is 237 g/mol. The van der Waals surface area contributed by atoms with Crippen LogP contribution in [0.3, 0.4) is 0 Å². The van der Waals surface area contributed by atoms with Crippen LogP contribution < -0.4 is 5.32 Å². The second-order valence-electron chi connectivity index (χ2n) is 4.92. The van der Waals surface area contributed by atoms with E-state index in [0.717, 1.165) is 29.8 Å². The fourth-order valence-electron chi connectivity index (χ4n) is 2.34. The van der Waals surface area contributed by atoms with E-state index in [-0.39, 0.29) is 5.82 Å². The summed E-state index contributed by atoms with van der Waals surface area (Å²) >= 11 is 0. The van der Waals surface area contributed by atoms with Crippen molar-refractivity contribution >= 4 is 0 Å². The summed E-state index contributed by atoms with van der Waals surface area (Å²) in [6, 6.07) is 11.7. The van der Waals surface area contributed by atoms with Gasteiger partial charge in [0.25, 0.3) is 0 Å². The highest BCUT2D eigenvalue weighted by Crippen LogP contribution is 2.27. The molecule has 0 radical (unpaired) electrons. The number of rotatable bonds is 4. The van der Waals surface area contributed by atoms with E-state index in [0.29, 0.717) is 5.56 Å². The fraction of sp³-hybridized carbons (Fsp3) is 0.294. The van der Waals surface area contributed by atoms with Crippen molar-refractivity contribution in [3.05, 3.63) is 58.9 Å². The average molecular weight is 257 g/mol. The van der Waals surface area contributed by atoms with Gasteiger partial charge in [-0.05, 0) is 48.7 Å². The average Bonchev–Trinajstić information content (AvgIpc) is 2.36. The summed E-state index contributed by atoms with van der Waals surface area (Å²) in [7, 11) is 0. The quantitative estimate of drug-likeness (QED) is 0.864. The van der Waals surface area contributed by atoms with Crippen LogP contribution in [0.1, 0.15) is 23.6 Å². The Morgan fingerprint density at radius 1 is 1.05 bits per heavy atom. The molecule has 2 aromatic carbocycles. The van der Waals surface area contributed by atoms with Gasteiger partial charge in [-0.2, -0.15) is 0 Å². The van der Waals surface area contributed by atoms with Gasteiger partial charge in [0.2, 0.25) is 0 Å². The van der Waals surface area contributed by atoms with Gasteiger partial charge in [0.15, 0.2) is 0 Å². The van der Waals surface area contributed by atoms with Crippen LogP contribution in [0.15, 0.2) is 36.4 Å². The molecule has 0 aliphatic rings. The molecule has 0 unspecified atom stereocenters. The SMILES string of the molecule is CCNCc1ccc(-c2c(C)cc(C)cc2F)cc1. The van der Waals surface area contributed by atoms with Gasteiger partial charge >= 0.3 is 0 Å². The maximum absolute atomic E-state index is 14.1. The molecule has 2 rings (SSSR count). The summed E-state index contributed by atoms with van der Waals surface area (Å²) in [6.45, 7) is 7.76. The van der Waals surface area contributed by atoms with E-state index in [9.17, 15) is 4.39 Å². The Labute approximate surface area is 114 Å². The minimum absolute atomic E-state index is 0.142. The van der Waals surface area contributed by atoms with Gasteiger partial charge in [0, 0.05) is 12.1 Å². The Bertz CT molecular complexity index is 535. The number of aryl methyl sites for hydroxylation is 2. The molecule has 0 heterocycles. The molecule has 19 heavy (non-hydrogen) atoms. The van der Waals surface area contributed by atoms with Crippen molar-refractivity contribution in [3.8, 4) is 11.1 Å². The molecule has 0 saturated carbocycles. The molecule has 0 bridgehead atoms. The molecule has 0 amide bonds. The Morgan fingerprint density at radius 3 is 2.32 bits per heavy atom. The normalized spacial score (nSPS) is 10.7. The molecule has 0 aliphatic heterocycles. The monoisotopic (exact) mass is 257 g/mol. The summed E-state index contributed by atoms with van der Waals surface area (Å²) in [5.74, 6) is -0.142. The van der Waals surface area contributed by atoms with E-state index >= 15 is 0 Å². The van der Waals surface area contributed by atoms with Crippen molar-refractivity contribution in [2.75, 3.05) is 6.54 Å². The number of hydrogen-bond donors (Lipinski definition) is 1. The third kappa shape index (κ3) is 3.21. The van der Waals surface area contributed by atoms with Crippen molar-refractivity contribution in [2.24, 2.45) is 0 Å². The van der Waals surface area contributed by atoms with E-state index in [1.54, 1.807) is 6.07 Å². The Kier molecular flexibility index (Phi) is 4.33. The van der Waals surface area contributed by atoms with Crippen molar-refractivity contribution in [2.45, 2.75) is 27.3 Å². The van der Waals surface area contributed by atoms with Crippen LogP contribution in [0.4, 0.5) is 4.39 Å². The molecule has 0 saturated heterocycles. The summed E-state index contributed by atoms with van der Waals surface area (Å²) in [5, 5.41) is 3.28. The zero-order chi connectivity index (χ0) is 13.8. The third-order valence-electron chi connectivity index (χ3n) is 3.25. The van der Waals surface area contributed by atoms with Crippen LogP contribution >= 0.6 is 0 Å². The predicted octanol–water partition coefficient (Wildman–Crippen LogP) is 4.22. The van der Waals surface area contributed by atoms with Gasteiger partial charge in [-0.15, -0.1) is 0 Å². The van der Waals surface area contributed by atoms with Gasteiger partial charge in [-0.1, -0.05) is 37.3 Å². The molecule has 2 aromatic rings. The van der Waals surface area contributed by atoms with E-state index in [1.165, 1.54) is 5.56 Å². The maximum atomic E-state index is 14.1. The summed E-state index contributed by atoms with van der Waals surface area (Å²) in [5.41, 5.74) is 4.81. The van der Waals surface area contributed by atoms with Crippen LogP contribution in [0.5, 0.6) is 0 Å². The molecule has 0 atom stereocenters. The number of benzene rings is 2. The summed E-state index contributed by atoms with van der Waals surface area (Å²) in [6.07, 6.45) is 0. The first-order chi connectivity index (χ1) is 9.11. The van der Waals surface area contributed by atoms with Crippen LogP contribution in [0.25, 0.3) is 11.1 Å². The van der Waals surface area contributed by atoms with Gasteiger partial charge in [0.05, 0.1) is 0 Å². The second-order valence-corrected chi connectivity index (χ2v) is 4.92. The van der Waals surface area contributed by atoms with Crippen molar-refractivity contribution in [1.29, 1.82) is 0 Å². The highest BCUT2D eigenvalue weighted by molar-refractivity contribution is 5.68. The van der Waals surface area contributed by atoms with E-state index in [2.05, 4.69) is 24.4 Å². The minimum Gasteiger partial charge on any atom is -0.313 e. The van der Waals surface area contributed by atoms with Crippen LogP contribution in [0, 0.1) is 19.7 Å². The molecule has 2 heteroatoms. The van der Waals surface area contributed by atoms with E-state index in [4.69, 9.17) is 0 Å². The highest BCUT2D eigenvalue weighted by Gasteiger charge is 2.09. The molecule has 1 N–H and O–H groups in total. The van der Waals surface area contributed by atoms with Gasteiger partial charge in [-0.3, -0.25) is 0 Å². The Hall–Kier alpha value is -1.67. The Morgan fingerprint density at radius 2 is 1.74 bits per heavy atom. The summed E-state index contributed by atoms with van der Waals surface area (Å²) < 4.78 is 14.1. The van der Waals surface area contributed by atoms with Gasteiger partial charge in [0.1, 0.15) is 5.82 Å². The van der Waals surface area contributed by atoms with Crippen molar-refractivity contribution < 1.29 is 4.39 Å². The minimum atomic E-state index is -0.142.